The Balaban J connectivity index is 2.07. The fraction of sp³-hybridized carbons (Fsp3) is 0.467. The summed E-state index contributed by atoms with van der Waals surface area (Å²) in [6, 6.07) is 7.27. The van der Waals surface area contributed by atoms with Gasteiger partial charge in [0.25, 0.3) is 0 Å². The molecule has 2 rings (SSSR count). The molecule has 1 fully saturated rings. The van der Waals surface area contributed by atoms with Crippen LogP contribution in [0.25, 0.3) is 0 Å². The Hall–Kier alpha value is -1.16. The van der Waals surface area contributed by atoms with E-state index in [0.717, 1.165) is 23.7 Å². The molecule has 0 amide bonds. The Kier molecular flexibility index (Phi) is 4.75. The number of rotatable bonds is 4. The summed E-state index contributed by atoms with van der Waals surface area (Å²) in [5, 5.41) is 9.22. The summed E-state index contributed by atoms with van der Waals surface area (Å²) in [5.74, 6) is -1.09. The van der Waals surface area contributed by atoms with Crippen LogP contribution in [0.5, 0.6) is 0 Å². The van der Waals surface area contributed by atoms with E-state index in [4.69, 9.17) is 0 Å². The van der Waals surface area contributed by atoms with E-state index in [-0.39, 0.29) is 17.6 Å². The normalized spacial score (nSPS) is 23.0. The minimum Gasteiger partial charge on any atom is -0.481 e. The second kappa shape index (κ2) is 6.33. The van der Waals surface area contributed by atoms with Crippen LogP contribution in [0.15, 0.2) is 28.7 Å². The van der Waals surface area contributed by atoms with E-state index in [1.54, 1.807) is 12.1 Å². The molecule has 0 aliphatic heterocycles. The number of Topliss-reactive ketones (excluding diaryl/α,β-unsaturated/α-hetero) is 1. The van der Waals surface area contributed by atoms with Gasteiger partial charge in [-0.05, 0) is 30.9 Å². The topological polar surface area (TPSA) is 54.4 Å². The quantitative estimate of drug-likeness (QED) is 0.854. The summed E-state index contributed by atoms with van der Waals surface area (Å²) >= 11 is 3.34. The van der Waals surface area contributed by atoms with Crippen LogP contribution in [-0.4, -0.2) is 16.9 Å². The van der Waals surface area contributed by atoms with E-state index in [0.29, 0.717) is 18.4 Å². The van der Waals surface area contributed by atoms with E-state index in [1.165, 1.54) is 0 Å². The van der Waals surface area contributed by atoms with E-state index < -0.39 is 5.97 Å². The zero-order chi connectivity index (χ0) is 13.8. The molecule has 102 valence electrons. The predicted octanol–water partition coefficient (Wildman–Crippen LogP) is 3.91. The molecule has 0 spiro atoms. The van der Waals surface area contributed by atoms with E-state index in [1.807, 2.05) is 12.1 Å². The van der Waals surface area contributed by atoms with Crippen molar-refractivity contribution in [3.05, 3.63) is 34.3 Å². The summed E-state index contributed by atoms with van der Waals surface area (Å²) in [4.78, 5) is 23.4. The SMILES string of the molecule is O=C(C[C@@H]1CCCC[C@@H]1C(=O)O)c1cccc(Br)c1. The summed E-state index contributed by atoms with van der Waals surface area (Å²) < 4.78 is 0.872. The first-order valence-electron chi connectivity index (χ1n) is 6.59. The van der Waals surface area contributed by atoms with Crippen molar-refractivity contribution in [1.82, 2.24) is 0 Å². The predicted molar refractivity (Wildman–Crippen MR) is 76.2 cm³/mol. The molecule has 1 N–H and O–H groups in total. The van der Waals surface area contributed by atoms with Crippen molar-refractivity contribution in [3.63, 3.8) is 0 Å². The van der Waals surface area contributed by atoms with E-state index >= 15 is 0 Å². The van der Waals surface area contributed by atoms with Gasteiger partial charge in [0.05, 0.1) is 5.92 Å². The Morgan fingerprint density at radius 1 is 1.26 bits per heavy atom. The van der Waals surface area contributed by atoms with Gasteiger partial charge in [-0.2, -0.15) is 0 Å². The number of aliphatic carboxylic acids is 1. The van der Waals surface area contributed by atoms with Gasteiger partial charge >= 0.3 is 5.97 Å². The van der Waals surface area contributed by atoms with Gasteiger partial charge in [-0.25, -0.2) is 0 Å². The van der Waals surface area contributed by atoms with Crippen LogP contribution in [0.1, 0.15) is 42.5 Å². The van der Waals surface area contributed by atoms with Gasteiger partial charge < -0.3 is 5.11 Å². The Bertz CT molecular complexity index is 484. The van der Waals surface area contributed by atoms with Crippen molar-refractivity contribution in [3.8, 4) is 0 Å². The van der Waals surface area contributed by atoms with Gasteiger partial charge in [0.15, 0.2) is 5.78 Å². The molecule has 0 unspecified atom stereocenters. The van der Waals surface area contributed by atoms with Gasteiger partial charge in [-0.15, -0.1) is 0 Å². The lowest BCUT2D eigenvalue weighted by molar-refractivity contribution is -0.144. The van der Waals surface area contributed by atoms with Crippen molar-refractivity contribution >= 4 is 27.7 Å². The molecule has 0 radical (unpaired) electrons. The number of carbonyl (C=O) groups is 2. The number of hydrogen-bond donors (Lipinski definition) is 1. The standard InChI is InChI=1S/C15H17BrO3/c16-12-6-3-5-11(8-12)14(17)9-10-4-1-2-7-13(10)15(18)19/h3,5-6,8,10,13H,1-2,4,7,9H2,(H,18,19)/t10-,13-/m0/s1. The molecule has 1 aromatic rings. The third-order valence-corrected chi connectivity index (χ3v) is 4.31. The first-order chi connectivity index (χ1) is 9.08. The molecular weight excluding hydrogens is 308 g/mol. The van der Waals surface area contributed by atoms with Crippen LogP contribution < -0.4 is 0 Å². The molecular formula is C15H17BrO3. The van der Waals surface area contributed by atoms with E-state index in [9.17, 15) is 14.7 Å². The number of ketones is 1. The molecule has 1 aliphatic rings. The Labute approximate surface area is 121 Å². The molecule has 1 aliphatic carbocycles. The van der Waals surface area contributed by atoms with Gasteiger partial charge in [0, 0.05) is 16.5 Å². The molecule has 1 aromatic carbocycles. The zero-order valence-corrected chi connectivity index (χ0v) is 12.2. The third-order valence-electron chi connectivity index (χ3n) is 3.82. The number of carboxylic acid groups (broad SMARTS) is 1. The third kappa shape index (κ3) is 3.66. The van der Waals surface area contributed by atoms with Gasteiger partial charge in [0.1, 0.15) is 0 Å². The summed E-state index contributed by atoms with van der Waals surface area (Å²) in [6.45, 7) is 0. The van der Waals surface area contributed by atoms with Crippen LogP contribution in [0.3, 0.4) is 0 Å². The van der Waals surface area contributed by atoms with Crippen molar-refractivity contribution in [2.75, 3.05) is 0 Å². The van der Waals surface area contributed by atoms with E-state index in [2.05, 4.69) is 15.9 Å². The minimum atomic E-state index is -0.758. The largest absolute Gasteiger partial charge is 0.481 e. The monoisotopic (exact) mass is 324 g/mol. The molecule has 19 heavy (non-hydrogen) atoms. The number of carboxylic acids is 1. The number of halogens is 1. The Morgan fingerprint density at radius 3 is 2.68 bits per heavy atom. The maximum atomic E-state index is 12.2. The minimum absolute atomic E-state index is 0.0160. The maximum absolute atomic E-state index is 12.2. The highest BCUT2D eigenvalue weighted by Crippen LogP contribution is 2.33. The first-order valence-corrected chi connectivity index (χ1v) is 7.39. The lowest BCUT2D eigenvalue weighted by atomic mass is 9.76. The van der Waals surface area contributed by atoms with Gasteiger partial charge in [-0.1, -0.05) is 40.9 Å². The second-order valence-corrected chi connectivity index (χ2v) is 6.04. The van der Waals surface area contributed by atoms with Crippen molar-refractivity contribution in [1.29, 1.82) is 0 Å². The lowest BCUT2D eigenvalue weighted by Gasteiger charge is -2.27. The molecule has 0 saturated heterocycles. The number of benzene rings is 1. The highest BCUT2D eigenvalue weighted by molar-refractivity contribution is 9.10. The first kappa shape index (κ1) is 14.3. The smallest absolute Gasteiger partial charge is 0.306 e. The lowest BCUT2D eigenvalue weighted by Crippen LogP contribution is -2.28. The molecule has 0 bridgehead atoms. The summed E-state index contributed by atoms with van der Waals surface area (Å²) in [6.07, 6.45) is 3.87. The molecule has 0 aromatic heterocycles. The summed E-state index contributed by atoms with van der Waals surface area (Å²) in [5.41, 5.74) is 0.657. The fourth-order valence-electron chi connectivity index (χ4n) is 2.80. The van der Waals surface area contributed by atoms with Crippen molar-refractivity contribution < 1.29 is 14.7 Å². The number of carbonyl (C=O) groups excluding carboxylic acids is 1. The zero-order valence-electron chi connectivity index (χ0n) is 10.6. The molecule has 0 heterocycles. The van der Waals surface area contributed by atoms with Crippen LogP contribution in [0, 0.1) is 11.8 Å². The van der Waals surface area contributed by atoms with Crippen LogP contribution >= 0.6 is 15.9 Å². The average Bonchev–Trinajstić information content (AvgIpc) is 2.39. The van der Waals surface area contributed by atoms with Crippen LogP contribution in [-0.2, 0) is 4.79 Å². The van der Waals surface area contributed by atoms with Gasteiger partial charge in [-0.3, -0.25) is 9.59 Å². The highest BCUT2D eigenvalue weighted by atomic mass is 79.9. The second-order valence-electron chi connectivity index (χ2n) is 5.13. The van der Waals surface area contributed by atoms with Gasteiger partial charge in [0.2, 0.25) is 0 Å². The van der Waals surface area contributed by atoms with Crippen LogP contribution in [0.4, 0.5) is 0 Å². The molecule has 4 heteroatoms. The van der Waals surface area contributed by atoms with Crippen LogP contribution in [0.2, 0.25) is 0 Å². The highest BCUT2D eigenvalue weighted by Gasteiger charge is 2.32. The molecule has 2 atom stereocenters. The fourth-order valence-corrected chi connectivity index (χ4v) is 3.19. The van der Waals surface area contributed by atoms with Crippen molar-refractivity contribution in [2.45, 2.75) is 32.1 Å². The maximum Gasteiger partial charge on any atom is 0.306 e. The van der Waals surface area contributed by atoms with Crippen molar-refractivity contribution in [2.24, 2.45) is 11.8 Å². The summed E-state index contributed by atoms with van der Waals surface area (Å²) in [7, 11) is 0. The average molecular weight is 325 g/mol. The molecule has 3 nitrogen and oxygen atoms in total. The molecule has 1 saturated carbocycles. The Morgan fingerprint density at radius 2 is 2.00 bits per heavy atom. The number of hydrogen-bond acceptors (Lipinski definition) is 2.